The number of nitrogens with zero attached hydrogens (tertiary/aromatic N) is 2. The van der Waals surface area contributed by atoms with E-state index in [1.54, 1.807) is 12.3 Å². The van der Waals surface area contributed by atoms with Gasteiger partial charge in [0.1, 0.15) is 24.5 Å². The van der Waals surface area contributed by atoms with Crippen molar-refractivity contribution in [2.24, 2.45) is 0 Å². The van der Waals surface area contributed by atoms with E-state index in [1.165, 1.54) is 11.9 Å². The van der Waals surface area contributed by atoms with Crippen molar-refractivity contribution in [1.82, 2.24) is 9.97 Å². The summed E-state index contributed by atoms with van der Waals surface area (Å²) < 4.78 is 11.0. The third-order valence-electron chi connectivity index (χ3n) is 3.19. The molecule has 2 heterocycles. The van der Waals surface area contributed by atoms with Gasteiger partial charge in [0.05, 0.1) is 16.7 Å². The van der Waals surface area contributed by atoms with Crippen LogP contribution in [0.2, 0.25) is 5.02 Å². The normalized spacial score (nSPS) is 10.6. The average molecular weight is 330 g/mol. The lowest BCUT2D eigenvalue weighted by molar-refractivity contribution is 0.362. The molecule has 0 saturated heterocycles. The summed E-state index contributed by atoms with van der Waals surface area (Å²) in [5, 5.41) is 4.61. The Kier molecular flexibility index (Phi) is 4.48. The molecule has 0 atom stereocenters. The zero-order valence-corrected chi connectivity index (χ0v) is 13.6. The fourth-order valence-corrected chi connectivity index (χ4v) is 2.19. The molecule has 0 aliphatic heterocycles. The highest BCUT2D eigenvalue weighted by Crippen LogP contribution is 2.30. The molecule has 0 saturated carbocycles. The van der Waals surface area contributed by atoms with E-state index in [4.69, 9.17) is 20.8 Å². The van der Waals surface area contributed by atoms with Crippen LogP contribution in [0.15, 0.2) is 52.9 Å². The lowest BCUT2D eigenvalue weighted by atomic mass is 10.3. The second kappa shape index (κ2) is 6.71. The maximum absolute atomic E-state index is 6.18. The zero-order chi connectivity index (χ0) is 16.2. The van der Waals surface area contributed by atoms with Gasteiger partial charge in [-0.15, -0.1) is 0 Å². The lowest BCUT2D eigenvalue weighted by Gasteiger charge is -2.10. The molecule has 0 amide bonds. The van der Waals surface area contributed by atoms with Gasteiger partial charge in [0.2, 0.25) is 5.71 Å². The third kappa shape index (κ3) is 3.63. The minimum atomic E-state index is 0.477. The van der Waals surface area contributed by atoms with E-state index >= 15 is 0 Å². The highest BCUT2D eigenvalue weighted by molar-refractivity contribution is 6.32. The molecule has 1 aromatic carbocycles. The summed E-state index contributed by atoms with van der Waals surface area (Å²) in [6.45, 7) is 4.52. The van der Waals surface area contributed by atoms with Crippen molar-refractivity contribution in [3.8, 4) is 5.75 Å². The lowest BCUT2D eigenvalue weighted by Crippen LogP contribution is -1.98. The topological polar surface area (TPSA) is 60.2 Å². The van der Waals surface area contributed by atoms with Crippen LogP contribution in [0, 0.1) is 0 Å². The van der Waals surface area contributed by atoms with E-state index in [-0.39, 0.29) is 0 Å². The summed E-state index contributed by atoms with van der Waals surface area (Å²) in [4.78, 5) is 8.31. The van der Waals surface area contributed by atoms with Gasteiger partial charge in [-0.1, -0.05) is 17.2 Å². The molecule has 0 radical (unpaired) electrons. The number of hydrogen-bond acceptors (Lipinski definition) is 5. The quantitative estimate of drug-likeness (QED) is 0.670. The number of allylic oxidation sites excluding steroid dienone is 1. The third-order valence-corrected chi connectivity index (χ3v) is 3.50. The van der Waals surface area contributed by atoms with E-state index < -0.39 is 0 Å². The summed E-state index contributed by atoms with van der Waals surface area (Å²) in [5.41, 5.74) is 2.55. The Hall–Kier alpha value is -2.53. The highest BCUT2D eigenvalue weighted by atomic mass is 35.5. The van der Waals surface area contributed by atoms with E-state index in [0.29, 0.717) is 28.9 Å². The van der Waals surface area contributed by atoms with Crippen LogP contribution in [0.1, 0.15) is 13.8 Å². The number of fused-ring (bicyclic) bond motifs is 1. The summed E-state index contributed by atoms with van der Waals surface area (Å²) >= 11 is 6.18. The Morgan fingerprint density at radius 3 is 3.00 bits per heavy atom. The smallest absolute Gasteiger partial charge is 0.231 e. The zero-order valence-electron chi connectivity index (χ0n) is 12.8. The molecule has 23 heavy (non-hydrogen) atoms. The molecule has 1 N–H and O–H groups in total. The standard InChI is InChI=1S/C17H16ClN3O2/c1-11(2)5-7-22-15-9-12(3-4-14(15)18)21-16-13-6-8-23-17(13)20-10-19-16/h3-6,8-10H,7H2,1-2H3,(H,19,20,21). The number of ether oxygens (including phenoxy) is 1. The van der Waals surface area contributed by atoms with Crippen LogP contribution in [-0.2, 0) is 0 Å². The first-order valence-electron chi connectivity index (χ1n) is 7.14. The van der Waals surface area contributed by atoms with Gasteiger partial charge in [-0.3, -0.25) is 0 Å². The minimum Gasteiger partial charge on any atom is -0.488 e. The predicted molar refractivity (Wildman–Crippen MR) is 91.5 cm³/mol. The highest BCUT2D eigenvalue weighted by Gasteiger charge is 2.08. The molecule has 0 aliphatic carbocycles. The second-order valence-corrected chi connectivity index (χ2v) is 5.63. The Morgan fingerprint density at radius 1 is 1.30 bits per heavy atom. The number of anilines is 2. The van der Waals surface area contributed by atoms with Gasteiger partial charge in [0, 0.05) is 11.8 Å². The Bertz CT molecular complexity index is 854. The molecule has 0 fully saturated rings. The predicted octanol–water partition coefficient (Wildman–Crippen LogP) is 4.96. The molecule has 2 aromatic heterocycles. The molecule has 0 aliphatic rings. The number of hydrogen-bond donors (Lipinski definition) is 1. The van der Waals surface area contributed by atoms with Crippen LogP contribution in [-0.4, -0.2) is 16.6 Å². The molecule has 118 valence electrons. The Balaban J connectivity index is 1.83. The minimum absolute atomic E-state index is 0.477. The van der Waals surface area contributed by atoms with Gasteiger partial charge < -0.3 is 14.5 Å². The van der Waals surface area contributed by atoms with E-state index in [2.05, 4.69) is 15.3 Å². The number of aromatic nitrogens is 2. The van der Waals surface area contributed by atoms with E-state index in [0.717, 1.165) is 11.1 Å². The molecule has 0 spiro atoms. The number of furan rings is 1. The number of halogens is 1. The molecule has 3 aromatic rings. The van der Waals surface area contributed by atoms with Crippen LogP contribution >= 0.6 is 11.6 Å². The van der Waals surface area contributed by atoms with Crippen molar-refractivity contribution in [2.45, 2.75) is 13.8 Å². The Morgan fingerprint density at radius 2 is 2.17 bits per heavy atom. The van der Waals surface area contributed by atoms with Gasteiger partial charge in [0.15, 0.2) is 0 Å². The fourth-order valence-electron chi connectivity index (χ4n) is 2.02. The van der Waals surface area contributed by atoms with Crippen molar-refractivity contribution in [1.29, 1.82) is 0 Å². The number of nitrogens with one attached hydrogen (secondary N) is 1. The maximum atomic E-state index is 6.18. The van der Waals surface area contributed by atoms with Crippen molar-refractivity contribution in [3.05, 3.63) is 53.5 Å². The van der Waals surface area contributed by atoms with Crippen molar-refractivity contribution < 1.29 is 9.15 Å². The van der Waals surface area contributed by atoms with Crippen molar-refractivity contribution >= 4 is 34.2 Å². The Labute approximate surface area is 139 Å². The first-order valence-corrected chi connectivity index (χ1v) is 7.52. The van der Waals surface area contributed by atoms with Gasteiger partial charge >= 0.3 is 0 Å². The SMILES string of the molecule is CC(C)=CCOc1cc(Nc2ncnc3occc23)ccc1Cl. The average Bonchev–Trinajstić information content (AvgIpc) is 2.99. The van der Waals surface area contributed by atoms with Gasteiger partial charge in [0.25, 0.3) is 0 Å². The maximum Gasteiger partial charge on any atom is 0.231 e. The number of benzene rings is 1. The molecule has 5 nitrogen and oxygen atoms in total. The summed E-state index contributed by atoms with van der Waals surface area (Å²) in [6, 6.07) is 7.31. The summed E-state index contributed by atoms with van der Waals surface area (Å²) in [6.07, 6.45) is 5.03. The van der Waals surface area contributed by atoms with Crippen LogP contribution < -0.4 is 10.1 Å². The number of rotatable bonds is 5. The van der Waals surface area contributed by atoms with Crippen LogP contribution in [0.5, 0.6) is 5.75 Å². The molecule has 6 heteroatoms. The van der Waals surface area contributed by atoms with E-state index in [1.807, 2.05) is 38.1 Å². The van der Waals surface area contributed by atoms with Gasteiger partial charge in [-0.25, -0.2) is 9.97 Å². The second-order valence-electron chi connectivity index (χ2n) is 5.22. The molecular weight excluding hydrogens is 314 g/mol. The molecule has 3 rings (SSSR count). The van der Waals surface area contributed by atoms with Crippen LogP contribution in [0.4, 0.5) is 11.5 Å². The first kappa shape index (κ1) is 15.4. The fraction of sp³-hybridized carbons (Fsp3) is 0.176. The summed E-state index contributed by atoms with van der Waals surface area (Å²) in [7, 11) is 0. The molecule has 0 bridgehead atoms. The summed E-state index contributed by atoms with van der Waals surface area (Å²) in [5.74, 6) is 1.29. The van der Waals surface area contributed by atoms with Gasteiger partial charge in [-0.05, 0) is 38.1 Å². The monoisotopic (exact) mass is 329 g/mol. The largest absolute Gasteiger partial charge is 0.488 e. The van der Waals surface area contributed by atoms with Crippen LogP contribution in [0.25, 0.3) is 11.1 Å². The van der Waals surface area contributed by atoms with Crippen LogP contribution in [0.3, 0.4) is 0 Å². The van der Waals surface area contributed by atoms with Crippen molar-refractivity contribution in [3.63, 3.8) is 0 Å². The van der Waals surface area contributed by atoms with E-state index in [9.17, 15) is 0 Å². The molecule has 0 unspecified atom stereocenters. The molecular formula is C17H16ClN3O2. The van der Waals surface area contributed by atoms with Crippen molar-refractivity contribution in [2.75, 3.05) is 11.9 Å². The first-order chi connectivity index (χ1) is 11.1. The van der Waals surface area contributed by atoms with Gasteiger partial charge in [-0.2, -0.15) is 0 Å².